The van der Waals surface area contributed by atoms with Crippen LogP contribution in [0, 0.1) is 17.0 Å². The molecule has 0 saturated carbocycles. The van der Waals surface area contributed by atoms with Crippen molar-refractivity contribution in [3.8, 4) is 5.75 Å². The van der Waals surface area contributed by atoms with E-state index in [-0.39, 0.29) is 11.4 Å². The van der Waals surface area contributed by atoms with Crippen molar-refractivity contribution in [1.82, 2.24) is 0 Å². The minimum atomic E-state index is -0.709. The van der Waals surface area contributed by atoms with Crippen molar-refractivity contribution in [3.63, 3.8) is 0 Å². The van der Waals surface area contributed by atoms with E-state index < -0.39 is 16.6 Å². The Morgan fingerprint density at radius 1 is 1.15 bits per heavy atom. The third-order valence-electron chi connectivity index (χ3n) is 3.70. The first-order valence-corrected chi connectivity index (χ1v) is 8.50. The van der Waals surface area contributed by atoms with Gasteiger partial charge in [0.25, 0.3) is 5.69 Å². The molecule has 27 heavy (non-hydrogen) atoms. The highest BCUT2D eigenvalue weighted by molar-refractivity contribution is 5.90. The van der Waals surface area contributed by atoms with Gasteiger partial charge in [-0.05, 0) is 39.3 Å². The fourth-order valence-corrected chi connectivity index (χ4v) is 2.30. The van der Waals surface area contributed by atoms with Crippen molar-refractivity contribution in [2.75, 3.05) is 11.9 Å². The van der Waals surface area contributed by atoms with Gasteiger partial charge in [0.2, 0.25) is 0 Å². The molecule has 7 nitrogen and oxygen atoms in total. The number of ether oxygens (including phenoxy) is 2. The predicted octanol–water partition coefficient (Wildman–Crippen LogP) is 4.85. The van der Waals surface area contributed by atoms with E-state index in [1.807, 2.05) is 31.2 Å². The van der Waals surface area contributed by atoms with Crippen molar-refractivity contribution in [2.24, 2.45) is 0 Å². The number of hydrogen-bond acceptors (Lipinski definition) is 5. The molecule has 0 unspecified atom stereocenters. The van der Waals surface area contributed by atoms with Crippen molar-refractivity contribution >= 4 is 17.5 Å². The first-order chi connectivity index (χ1) is 12.6. The van der Waals surface area contributed by atoms with E-state index in [2.05, 4.69) is 0 Å². The molecule has 144 valence electrons. The maximum atomic E-state index is 12.3. The van der Waals surface area contributed by atoms with Gasteiger partial charge >= 0.3 is 6.09 Å². The molecular weight excluding hydrogens is 348 g/mol. The average Bonchev–Trinajstić information content (AvgIpc) is 2.58. The highest BCUT2D eigenvalue weighted by Gasteiger charge is 2.26. The number of benzene rings is 2. The second-order valence-electron chi connectivity index (χ2n) is 7.22. The van der Waals surface area contributed by atoms with Gasteiger partial charge in [0.1, 0.15) is 23.6 Å². The van der Waals surface area contributed by atoms with Gasteiger partial charge in [-0.3, -0.25) is 15.0 Å². The van der Waals surface area contributed by atoms with Crippen LogP contribution in [0.1, 0.15) is 31.9 Å². The molecule has 0 aromatic heterocycles. The fraction of sp³-hybridized carbons (Fsp3) is 0.350. The zero-order valence-corrected chi connectivity index (χ0v) is 16.2. The summed E-state index contributed by atoms with van der Waals surface area (Å²) in [6, 6.07) is 12.2. The third kappa shape index (κ3) is 5.70. The SMILES string of the molecule is Cc1ccc(COc2ccc([N+](=O)[O-])c(N(C)C(=O)OC(C)(C)C)c2)cc1. The molecule has 0 atom stereocenters. The molecule has 0 aliphatic heterocycles. The Hall–Kier alpha value is -3.09. The van der Waals surface area contributed by atoms with Gasteiger partial charge in [-0.2, -0.15) is 0 Å². The highest BCUT2D eigenvalue weighted by atomic mass is 16.6. The molecule has 0 heterocycles. The number of nitrogens with zero attached hydrogens (tertiary/aromatic N) is 2. The van der Waals surface area contributed by atoms with Gasteiger partial charge in [0.05, 0.1) is 4.92 Å². The number of anilines is 1. The van der Waals surface area contributed by atoms with E-state index in [4.69, 9.17) is 9.47 Å². The molecule has 0 aliphatic rings. The van der Waals surface area contributed by atoms with E-state index in [0.29, 0.717) is 12.4 Å². The summed E-state index contributed by atoms with van der Waals surface area (Å²) in [6.07, 6.45) is -0.679. The zero-order valence-electron chi connectivity index (χ0n) is 16.2. The smallest absolute Gasteiger partial charge is 0.414 e. The summed E-state index contributed by atoms with van der Waals surface area (Å²) in [5.74, 6) is 0.423. The van der Waals surface area contributed by atoms with E-state index in [1.54, 1.807) is 20.8 Å². The second-order valence-corrected chi connectivity index (χ2v) is 7.22. The minimum Gasteiger partial charge on any atom is -0.489 e. The van der Waals surface area contributed by atoms with Crippen molar-refractivity contribution in [1.29, 1.82) is 0 Å². The topological polar surface area (TPSA) is 81.9 Å². The molecule has 0 spiro atoms. The molecule has 0 bridgehead atoms. The first kappa shape index (κ1) is 20.2. The molecule has 0 saturated heterocycles. The minimum absolute atomic E-state index is 0.107. The van der Waals surface area contributed by atoms with Crippen LogP contribution in [0.25, 0.3) is 0 Å². The first-order valence-electron chi connectivity index (χ1n) is 8.50. The van der Waals surface area contributed by atoms with Crippen LogP contribution in [0.15, 0.2) is 42.5 Å². The van der Waals surface area contributed by atoms with Crippen LogP contribution in [0.5, 0.6) is 5.75 Å². The zero-order chi connectivity index (χ0) is 20.2. The number of carbonyl (C=O) groups excluding carboxylic acids is 1. The highest BCUT2D eigenvalue weighted by Crippen LogP contribution is 2.32. The number of rotatable bonds is 5. The monoisotopic (exact) mass is 372 g/mol. The Balaban J connectivity index is 2.23. The number of carbonyl (C=O) groups is 1. The van der Waals surface area contributed by atoms with Crippen LogP contribution < -0.4 is 9.64 Å². The van der Waals surface area contributed by atoms with Gasteiger partial charge in [-0.25, -0.2) is 4.79 Å². The van der Waals surface area contributed by atoms with Crippen LogP contribution >= 0.6 is 0 Å². The summed E-state index contributed by atoms with van der Waals surface area (Å²) in [5, 5.41) is 11.3. The number of nitro groups is 1. The third-order valence-corrected chi connectivity index (χ3v) is 3.70. The van der Waals surface area contributed by atoms with Gasteiger partial charge in [0.15, 0.2) is 0 Å². The molecule has 0 fully saturated rings. The summed E-state index contributed by atoms with van der Waals surface area (Å²) in [4.78, 5) is 24.2. The van der Waals surface area contributed by atoms with Crippen LogP contribution in [-0.2, 0) is 11.3 Å². The van der Waals surface area contributed by atoms with Crippen LogP contribution in [-0.4, -0.2) is 23.7 Å². The summed E-state index contributed by atoms with van der Waals surface area (Å²) >= 11 is 0. The van der Waals surface area contributed by atoms with Gasteiger partial charge in [-0.1, -0.05) is 29.8 Å². The lowest BCUT2D eigenvalue weighted by Gasteiger charge is -2.24. The molecule has 0 radical (unpaired) electrons. The quantitative estimate of drug-likeness (QED) is 0.553. The Kier molecular flexibility index (Phi) is 6.05. The molecule has 0 aliphatic carbocycles. The van der Waals surface area contributed by atoms with E-state index in [0.717, 1.165) is 16.0 Å². The summed E-state index contributed by atoms with van der Waals surface area (Å²) in [7, 11) is 1.43. The number of nitro benzene ring substituents is 1. The molecule has 2 aromatic rings. The lowest BCUT2D eigenvalue weighted by atomic mass is 10.2. The Morgan fingerprint density at radius 3 is 2.33 bits per heavy atom. The van der Waals surface area contributed by atoms with Crippen LogP contribution in [0.3, 0.4) is 0 Å². The van der Waals surface area contributed by atoms with Crippen molar-refractivity contribution in [2.45, 2.75) is 39.9 Å². The Bertz CT molecular complexity index is 825. The summed E-state index contributed by atoms with van der Waals surface area (Å²) in [6.45, 7) is 7.50. The summed E-state index contributed by atoms with van der Waals surface area (Å²) in [5.41, 5.74) is 1.32. The van der Waals surface area contributed by atoms with E-state index >= 15 is 0 Å². The molecule has 2 rings (SSSR count). The van der Waals surface area contributed by atoms with Gasteiger partial charge in [0, 0.05) is 19.2 Å². The lowest BCUT2D eigenvalue weighted by molar-refractivity contribution is -0.384. The molecular formula is C20H24N2O5. The molecule has 7 heteroatoms. The molecule has 1 amide bonds. The van der Waals surface area contributed by atoms with E-state index in [9.17, 15) is 14.9 Å². The number of hydrogen-bond donors (Lipinski definition) is 0. The summed E-state index contributed by atoms with van der Waals surface area (Å²) < 4.78 is 11.0. The van der Waals surface area contributed by atoms with E-state index in [1.165, 1.54) is 25.2 Å². The number of amides is 1. The normalized spacial score (nSPS) is 11.0. The van der Waals surface area contributed by atoms with Crippen molar-refractivity contribution in [3.05, 3.63) is 63.7 Å². The standard InChI is InChI=1S/C20H24N2O5/c1-14-6-8-15(9-7-14)13-26-16-10-11-17(22(24)25)18(12-16)21(5)19(23)27-20(2,3)4/h6-12H,13H2,1-5H3. The predicted molar refractivity (Wildman–Crippen MR) is 103 cm³/mol. The Morgan fingerprint density at radius 2 is 1.78 bits per heavy atom. The van der Waals surface area contributed by atoms with Crippen molar-refractivity contribution < 1.29 is 19.2 Å². The maximum Gasteiger partial charge on any atom is 0.414 e. The second kappa shape index (κ2) is 8.07. The maximum absolute atomic E-state index is 12.3. The Labute approximate surface area is 158 Å². The lowest BCUT2D eigenvalue weighted by Crippen LogP contribution is -2.34. The number of aryl methyl sites for hydroxylation is 1. The largest absolute Gasteiger partial charge is 0.489 e. The van der Waals surface area contributed by atoms with Crippen LogP contribution in [0.4, 0.5) is 16.2 Å². The van der Waals surface area contributed by atoms with Gasteiger partial charge in [-0.15, -0.1) is 0 Å². The van der Waals surface area contributed by atoms with Gasteiger partial charge < -0.3 is 9.47 Å². The average molecular weight is 372 g/mol. The van der Waals surface area contributed by atoms with Crippen LogP contribution in [0.2, 0.25) is 0 Å². The fourth-order valence-electron chi connectivity index (χ4n) is 2.30. The molecule has 0 N–H and O–H groups in total. The molecule has 2 aromatic carbocycles.